The molecule has 10 aliphatic rings. The van der Waals surface area contributed by atoms with Crippen LogP contribution in [0.15, 0.2) is 54.6 Å². The van der Waals surface area contributed by atoms with Crippen LogP contribution in [-0.4, -0.2) is 194 Å². The molecule has 3 amide bonds. The van der Waals surface area contributed by atoms with Crippen LogP contribution in [-0.2, 0) is 132 Å². The number of carbonyl (C=O) groups is 6. The summed E-state index contributed by atoms with van der Waals surface area (Å²) >= 11 is 0. The molecule has 3 aromatic heterocycles. The molecule has 3 saturated heterocycles. The largest absolute Gasteiger partial charge is 0.540 e. The van der Waals surface area contributed by atoms with Gasteiger partial charge in [-0.1, -0.05) is 140 Å². The number of nitrogens with zero attached hydrogens (tertiary/aromatic N) is 9. The molecule has 30 heteroatoms. The molecule has 9 heterocycles. The maximum absolute atomic E-state index is 14.2. The van der Waals surface area contributed by atoms with E-state index in [-0.39, 0.29) is 160 Å². The molecular weight excluding hydrogens is 1790 g/mol. The minimum Gasteiger partial charge on any atom is -0.540 e. The van der Waals surface area contributed by atoms with Crippen LogP contribution >= 0.6 is 0 Å². The average Bonchev–Trinajstić information content (AvgIpc) is 1.61. The smallest absolute Gasteiger partial charge is 0.307 e. The number of methoxy groups -OCH3 is 3. The molecule has 0 spiro atoms. The summed E-state index contributed by atoms with van der Waals surface area (Å²) in [5, 5.41) is 0. The van der Waals surface area contributed by atoms with E-state index >= 15 is 0 Å². The van der Waals surface area contributed by atoms with E-state index in [0.717, 1.165) is 162 Å². The third-order valence-electron chi connectivity index (χ3n) is 30.2. The van der Waals surface area contributed by atoms with Crippen molar-refractivity contribution in [3.05, 3.63) is 71.7 Å². The Morgan fingerprint density at radius 2 is 0.750 bits per heavy atom. The summed E-state index contributed by atoms with van der Waals surface area (Å²) in [6, 6.07) is 14.5. The summed E-state index contributed by atoms with van der Waals surface area (Å²) < 4.78 is 54.3. The van der Waals surface area contributed by atoms with Crippen molar-refractivity contribution in [2.75, 3.05) is 41.0 Å². The fraction of sp³-hybridized carbons (Fsp3) is 0.676. The molecule has 8 bridgehead atoms. The Bertz CT molecular complexity index is 5060. The Hall–Kier alpha value is -7.94. The summed E-state index contributed by atoms with van der Waals surface area (Å²) in [4.78, 5) is 153. The van der Waals surface area contributed by atoms with Crippen LogP contribution in [0.1, 0.15) is 261 Å². The fourth-order valence-electron chi connectivity index (χ4n) is 22.2. The number of ether oxygens (including phenoxy) is 9. The van der Waals surface area contributed by atoms with E-state index in [2.05, 4.69) is 25.8 Å². The Morgan fingerprint density at radius 1 is 0.386 bits per heavy atom. The van der Waals surface area contributed by atoms with Gasteiger partial charge in [0, 0.05) is 73.9 Å². The quantitative estimate of drug-likeness (QED) is 0.0849. The normalized spacial score (nSPS) is 30.5. The van der Waals surface area contributed by atoms with Crippen LogP contribution in [0.2, 0.25) is 0 Å². The molecule has 4 saturated carbocycles. The van der Waals surface area contributed by atoms with Gasteiger partial charge in [-0.05, 0) is 222 Å². The number of fused-ring (bicyclic) bond motifs is 19. The Kier molecular flexibility index (Phi) is 35.6. The van der Waals surface area contributed by atoms with E-state index in [1.165, 1.54) is 6.42 Å². The van der Waals surface area contributed by atoms with Gasteiger partial charge in [-0.25, -0.2) is 48.8 Å². The summed E-state index contributed by atoms with van der Waals surface area (Å²) in [5.74, 6) is 0.739. The first-order valence-corrected chi connectivity index (χ1v) is 47.8. The molecule has 0 N–H and O–H groups in total. The summed E-state index contributed by atoms with van der Waals surface area (Å²) in [6.45, 7) is 26.0. The predicted molar refractivity (Wildman–Crippen MR) is 485 cm³/mol. The maximum atomic E-state index is 14.2. The summed E-state index contributed by atoms with van der Waals surface area (Å²) in [5.41, 5.74) is 4.52. The second kappa shape index (κ2) is 44.9. The number of amides is 3. The topological polar surface area (TPSA) is 324 Å². The zero-order valence-electron chi connectivity index (χ0n) is 80.1. The minimum atomic E-state index is -0.797. The van der Waals surface area contributed by atoms with Crippen LogP contribution in [0.5, 0.6) is 34.9 Å². The number of hydrogen-bond donors (Lipinski definition) is 0. The average molecular weight is 1930 g/mol. The number of aryl methyl sites for hydroxylation is 3. The molecule has 7 fully saturated rings. The predicted octanol–water partition coefficient (Wildman–Crippen LogP) is 16.3. The number of aromatic nitrogens is 6. The molecule has 27 nitrogen and oxygen atoms in total. The van der Waals surface area contributed by atoms with Crippen molar-refractivity contribution < 1.29 is 141 Å². The molecular formula is C102H136N9O18V3-3. The van der Waals surface area contributed by atoms with Crippen molar-refractivity contribution in [3.63, 3.8) is 0 Å². The van der Waals surface area contributed by atoms with Gasteiger partial charge in [0.25, 0.3) is 0 Å². The Morgan fingerprint density at radius 3 is 1.14 bits per heavy atom. The van der Waals surface area contributed by atoms with Crippen molar-refractivity contribution >= 4 is 87.6 Å². The number of carbonyl (C=O) groups excluding carboxylic acids is 9. The third kappa shape index (κ3) is 23.8. The minimum absolute atomic E-state index is 0. The van der Waals surface area contributed by atoms with Gasteiger partial charge in [0.15, 0.2) is 0 Å². The zero-order valence-corrected chi connectivity index (χ0v) is 84.3. The van der Waals surface area contributed by atoms with Gasteiger partial charge in [-0.2, -0.15) is 0 Å². The van der Waals surface area contributed by atoms with Crippen LogP contribution < -0.4 is 28.4 Å². The van der Waals surface area contributed by atoms with E-state index in [4.69, 9.17) is 72.5 Å². The zero-order chi connectivity index (χ0) is 92.1. The van der Waals surface area contributed by atoms with Crippen LogP contribution in [0.25, 0.3) is 33.1 Å². The van der Waals surface area contributed by atoms with Gasteiger partial charge in [-0.3, -0.25) is 28.8 Å². The SMILES string of the molecule is COc1ccc2nc3c(nc2c1)O[C@H]1CN(C(=O)[C@H](C(C)(C)C)CC(=O)O[C@@H]2CCC[C@H]2CCCCC3)[C@H]([C-]=O)[C@@H]1C.COc1ccc2nc3c(nc2c1)O[C@H]1CN(C(=O)[C@H](C(C)(C)C)CC(=O)O[C@@H]2[C@H]4CC[C@H](C4)[C@H]2CCCCC3)[C@H]([C-]=O)[C@@H]1C.COc1ccc2nc3c(nc2c1)O[C@H]1CN(C(=O)[C@H](C(C)(C)C)CC(=O)O[C@]2(C)CCC[C@H]2CCCCC3)[C@H]([C-]=O)[C@@H]1C.[V].[V].[V]. The Labute approximate surface area is 814 Å². The summed E-state index contributed by atoms with van der Waals surface area (Å²) in [7, 11) is 4.84. The van der Waals surface area contributed by atoms with E-state index in [9.17, 15) is 43.2 Å². The molecule has 3 radical (unpaired) electrons. The number of rotatable bonds is 6. The number of hydrogen-bond acceptors (Lipinski definition) is 24. The van der Waals surface area contributed by atoms with Crippen molar-refractivity contribution in [1.82, 2.24) is 44.6 Å². The molecule has 20 atom stereocenters. The molecule has 6 aliphatic heterocycles. The fourth-order valence-corrected chi connectivity index (χ4v) is 22.2. The first kappa shape index (κ1) is 105. The van der Waals surface area contributed by atoms with E-state index in [1.54, 1.807) is 36.0 Å². The monoisotopic (exact) mass is 1930 g/mol. The van der Waals surface area contributed by atoms with Crippen molar-refractivity contribution in [1.29, 1.82) is 0 Å². The number of benzene rings is 3. The van der Waals surface area contributed by atoms with Gasteiger partial charge in [0.1, 0.15) is 70.5 Å². The van der Waals surface area contributed by atoms with Crippen LogP contribution in [0.4, 0.5) is 0 Å². The van der Waals surface area contributed by atoms with E-state index < -0.39 is 76.0 Å². The van der Waals surface area contributed by atoms with Gasteiger partial charge >= 0.3 is 17.9 Å². The van der Waals surface area contributed by atoms with Crippen molar-refractivity contribution in [2.24, 2.45) is 81.3 Å². The molecule has 715 valence electrons. The van der Waals surface area contributed by atoms with Gasteiger partial charge < -0.3 is 71.7 Å². The maximum Gasteiger partial charge on any atom is 0.307 e. The van der Waals surface area contributed by atoms with Gasteiger partial charge in [-0.15, -0.1) is 0 Å². The van der Waals surface area contributed by atoms with Gasteiger partial charge in [0.05, 0.1) is 111 Å². The van der Waals surface area contributed by atoms with E-state index in [0.29, 0.717) is 100 Å². The molecule has 6 aromatic rings. The number of esters is 3. The molecule has 132 heavy (non-hydrogen) atoms. The first-order valence-electron chi connectivity index (χ1n) is 47.8. The molecule has 16 rings (SSSR count). The van der Waals surface area contributed by atoms with Crippen LogP contribution in [0.3, 0.4) is 0 Å². The van der Waals surface area contributed by atoms with Crippen molar-refractivity contribution in [2.45, 2.75) is 318 Å². The standard InChI is InChI=1S/C35H46N3O6.C34H46N3O6.C33H44N3O6.3V/c1-20-29(19-39)38-18-30(20)43-33-27(36-26-14-13-23(42-5)16-28(26)37-33)10-8-6-7-9-24-21-11-12-22(15-21)32(24)44-31(40)17-25(34(38)41)35(2,3)4;1-21-28(20-38)37-19-29(21)42-31-26(35-25-15-14-23(41-6)17-27(25)36-31)13-9-7-8-11-22-12-10-16-34(22,5)43-30(39)18-24(32(37)40)33(2,3)4;1-20-27(19-37)36-18-29(20)42-31-25(34-24-15-14-22(40-5)16-26(24)35-31)12-8-6-7-10-21-11-9-13-28(21)41-30(38)17-23(32(36)39)33(2,3)4;;;/h13-14,16,20-22,24-25,29-30,32H,6-12,15,17-18H2,1-5H3;14-15,17,21-22,24,28-29H,7-13,16,18-19H2,1-6H3;14-16,20-21,23,27-29H,6-13,17-18H2,1-5H3;;;/q3*-1;;;/t20-,21+,22-,24+,25+,29+,30-,32+;21-,22+,24+,28+,29-,34+;20-,21+,23+,27+,28+,29-;;;/m000.../s1. The Balaban J connectivity index is 0.000000189. The first-order chi connectivity index (χ1) is 61.6. The van der Waals surface area contributed by atoms with Crippen LogP contribution in [0, 0.1) is 81.3 Å². The summed E-state index contributed by atoms with van der Waals surface area (Å²) in [6.07, 6.45) is 28.1. The van der Waals surface area contributed by atoms with Crippen molar-refractivity contribution in [3.8, 4) is 34.9 Å². The molecule has 4 aliphatic carbocycles. The second-order valence-electron chi connectivity index (χ2n) is 41.9. The third-order valence-corrected chi connectivity index (χ3v) is 30.2. The second-order valence-corrected chi connectivity index (χ2v) is 41.9. The van der Waals surface area contributed by atoms with Gasteiger partial charge in [0.2, 0.25) is 35.4 Å². The molecule has 0 unspecified atom stereocenters. The molecule has 3 aromatic carbocycles. The van der Waals surface area contributed by atoms with E-state index in [1.807, 2.05) is 138 Å².